The molecule has 184 valence electrons. The minimum atomic E-state index is 0.373. The van der Waals surface area contributed by atoms with Crippen molar-refractivity contribution in [2.75, 3.05) is 0 Å². The van der Waals surface area contributed by atoms with Crippen LogP contribution in [-0.2, 0) is 0 Å². The van der Waals surface area contributed by atoms with E-state index in [9.17, 15) is 0 Å². The van der Waals surface area contributed by atoms with Gasteiger partial charge in [0.15, 0.2) is 0 Å². The lowest BCUT2D eigenvalue weighted by Gasteiger charge is -2.18. The van der Waals surface area contributed by atoms with Crippen molar-refractivity contribution in [1.82, 2.24) is 0 Å². The van der Waals surface area contributed by atoms with Crippen molar-refractivity contribution >= 4 is 28.4 Å². The van der Waals surface area contributed by atoms with Crippen LogP contribution in [-0.4, -0.2) is 11.4 Å². The average molecular weight is 483 g/mol. The maximum Gasteiger partial charge on any atom is 0.0927 e. The zero-order valence-corrected chi connectivity index (χ0v) is 22.1. The Balaban J connectivity index is 1.71. The summed E-state index contributed by atoms with van der Waals surface area (Å²) in [7, 11) is 0. The van der Waals surface area contributed by atoms with E-state index in [0.29, 0.717) is 11.8 Å². The number of nitrogens with zero attached hydrogens (tertiary/aromatic N) is 2. The van der Waals surface area contributed by atoms with Gasteiger partial charge in [-0.25, -0.2) is 9.98 Å². The minimum absolute atomic E-state index is 0.373. The molecule has 0 amide bonds. The van der Waals surface area contributed by atoms with E-state index in [2.05, 4.69) is 137 Å². The molecule has 0 N–H and O–H groups in total. The predicted octanol–water partition coefficient (Wildman–Crippen LogP) is 9.47. The van der Waals surface area contributed by atoms with Gasteiger partial charge in [0.1, 0.15) is 0 Å². The van der Waals surface area contributed by atoms with Gasteiger partial charge in [-0.15, -0.1) is 0 Å². The third-order valence-electron chi connectivity index (χ3n) is 6.93. The van der Waals surface area contributed by atoms with Gasteiger partial charge in [0.2, 0.25) is 0 Å². The van der Waals surface area contributed by atoms with E-state index in [0.717, 1.165) is 40.4 Å². The number of rotatable bonds is 7. The highest BCUT2D eigenvalue weighted by Gasteiger charge is 2.25. The first-order valence-electron chi connectivity index (χ1n) is 13.2. The molecule has 2 heteroatoms. The molecule has 4 aromatic rings. The molecule has 1 aliphatic rings. The van der Waals surface area contributed by atoms with E-state index in [1.165, 1.54) is 22.3 Å². The molecule has 5 rings (SSSR count). The van der Waals surface area contributed by atoms with Gasteiger partial charge in [0.25, 0.3) is 0 Å². The van der Waals surface area contributed by atoms with E-state index < -0.39 is 0 Å². The first-order valence-corrected chi connectivity index (χ1v) is 13.2. The number of benzene rings is 4. The number of para-hydroxylation sites is 1. The molecular weight excluding hydrogens is 448 g/mol. The van der Waals surface area contributed by atoms with Crippen molar-refractivity contribution in [1.29, 1.82) is 0 Å². The van der Waals surface area contributed by atoms with Gasteiger partial charge in [-0.3, -0.25) is 0 Å². The molecule has 0 fully saturated rings. The topological polar surface area (TPSA) is 24.7 Å². The van der Waals surface area contributed by atoms with Gasteiger partial charge in [0, 0.05) is 17.5 Å². The normalized spacial score (nSPS) is 14.0. The van der Waals surface area contributed by atoms with Crippen molar-refractivity contribution in [3.63, 3.8) is 0 Å². The van der Waals surface area contributed by atoms with E-state index in [4.69, 9.17) is 9.98 Å². The molecule has 0 atom stereocenters. The van der Waals surface area contributed by atoms with Gasteiger partial charge in [0.05, 0.1) is 22.8 Å². The van der Waals surface area contributed by atoms with Crippen LogP contribution in [0.4, 0.5) is 5.69 Å². The summed E-state index contributed by atoms with van der Waals surface area (Å²) in [6, 6.07) is 38.3. The lowest BCUT2D eigenvalue weighted by molar-refractivity contribution is 0.835. The smallest absolute Gasteiger partial charge is 0.0927 e. The first kappa shape index (κ1) is 24.6. The van der Waals surface area contributed by atoms with E-state index >= 15 is 0 Å². The summed E-state index contributed by atoms with van der Waals surface area (Å²) in [5.74, 6) is 0.746. The van der Waals surface area contributed by atoms with Crippen LogP contribution in [0.3, 0.4) is 0 Å². The summed E-state index contributed by atoms with van der Waals surface area (Å²) in [6.07, 6.45) is 0.739. The van der Waals surface area contributed by atoms with Gasteiger partial charge >= 0.3 is 0 Å². The highest BCUT2D eigenvalue weighted by molar-refractivity contribution is 6.52. The Bertz CT molecular complexity index is 1430. The molecule has 1 aliphatic heterocycles. The third-order valence-corrected chi connectivity index (χ3v) is 6.93. The van der Waals surface area contributed by atoms with Crippen LogP contribution in [0.25, 0.3) is 11.3 Å². The molecule has 0 bridgehead atoms. The van der Waals surface area contributed by atoms with Crippen LogP contribution < -0.4 is 0 Å². The summed E-state index contributed by atoms with van der Waals surface area (Å²) in [5.41, 5.74) is 11.3. The second-order valence-corrected chi connectivity index (χ2v) is 10.2. The number of allylic oxidation sites excluding steroid dienone is 1. The molecule has 0 aliphatic carbocycles. The maximum absolute atomic E-state index is 5.47. The van der Waals surface area contributed by atoms with Crippen LogP contribution in [0, 0.1) is 0 Å². The van der Waals surface area contributed by atoms with Crippen molar-refractivity contribution in [3.05, 3.63) is 137 Å². The summed E-state index contributed by atoms with van der Waals surface area (Å²) in [6.45, 7) is 8.99. The highest BCUT2D eigenvalue weighted by atomic mass is 14.9. The first-order chi connectivity index (χ1) is 18.0. The lowest BCUT2D eigenvalue weighted by atomic mass is 9.92. The fraction of sp³-hybridized carbons (Fsp3) is 0.200. The summed E-state index contributed by atoms with van der Waals surface area (Å²) < 4.78 is 0. The summed E-state index contributed by atoms with van der Waals surface area (Å²) >= 11 is 0. The SMILES string of the molecule is CC(C)c1cccc(C(C)C)c1N=C(C1=NC(c2ccccc2)=C(c2ccccc2)C1)c1ccccc1. The highest BCUT2D eigenvalue weighted by Crippen LogP contribution is 2.39. The Kier molecular flexibility index (Phi) is 7.28. The van der Waals surface area contributed by atoms with Crippen molar-refractivity contribution in [2.24, 2.45) is 9.98 Å². The Morgan fingerprint density at radius 1 is 0.622 bits per heavy atom. The predicted molar refractivity (Wildman–Crippen MR) is 159 cm³/mol. The second kappa shape index (κ2) is 10.9. The van der Waals surface area contributed by atoms with Crippen LogP contribution >= 0.6 is 0 Å². The van der Waals surface area contributed by atoms with Crippen LogP contribution in [0.1, 0.15) is 73.8 Å². The van der Waals surface area contributed by atoms with Gasteiger partial charge < -0.3 is 0 Å². The molecule has 0 saturated carbocycles. The monoisotopic (exact) mass is 482 g/mol. The van der Waals surface area contributed by atoms with Crippen LogP contribution in [0.5, 0.6) is 0 Å². The van der Waals surface area contributed by atoms with Crippen molar-refractivity contribution < 1.29 is 0 Å². The molecular formula is C35H34N2. The zero-order chi connectivity index (χ0) is 25.8. The van der Waals surface area contributed by atoms with E-state index in [-0.39, 0.29) is 0 Å². The van der Waals surface area contributed by atoms with E-state index in [1.807, 2.05) is 0 Å². The molecule has 1 heterocycles. The summed E-state index contributed by atoms with van der Waals surface area (Å²) in [4.78, 5) is 10.8. The largest absolute Gasteiger partial charge is 0.250 e. The van der Waals surface area contributed by atoms with Crippen molar-refractivity contribution in [3.8, 4) is 0 Å². The maximum atomic E-state index is 5.47. The Morgan fingerprint density at radius 2 is 1.14 bits per heavy atom. The Morgan fingerprint density at radius 3 is 1.68 bits per heavy atom. The zero-order valence-electron chi connectivity index (χ0n) is 22.1. The number of hydrogen-bond acceptors (Lipinski definition) is 2. The third kappa shape index (κ3) is 5.24. The minimum Gasteiger partial charge on any atom is -0.250 e. The fourth-order valence-electron chi connectivity index (χ4n) is 4.99. The molecule has 0 aromatic heterocycles. The molecule has 2 nitrogen and oxygen atoms in total. The lowest BCUT2D eigenvalue weighted by Crippen LogP contribution is -2.14. The molecule has 4 aromatic carbocycles. The van der Waals surface area contributed by atoms with E-state index in [1.54, 1.807) is 0 Å². The molecule has 37 heavy (non-hydrogen) atoms. The number of aliphatic imine (C=N–C) groups is 2. The fourth-order valence-corrected chi connectivity index (χ4v) is 4.99. The van der Waals surface area contributed by atoms with Gasteiger partial charge in [-0.2, -0.15) is 0 Å². The van der Waals surface area contributed by atoms with Gasteiger partial charge in [-0.1, -0.05) is 137 Å². The Labute approximate surface area is 221 Å². The molecule has 0 radical (unpaired) electrons. The van der Waals surface area contributed by atoms with Crippen LogP contribution in [0.2, 0.25) is 0 Å². The Hall–Kier alpha value is -4.04. The molecule has 0 spiro atoms. The second-order valence-electron chi connectivity index (χ2n) is 10.2. The molecule has 0 saturated heterocycles. The van der Waals surface area contributed by atoms with Crippen molar-refractivity contribution in [2.45, 2.75) is 46.0 Å². The number of hydrogen-bond donors (Lipinski definition) is 0. The standard InChI is InChI=1S/C35H34N2/c1-24(2)29-21-14-22-30(25(3)4)35(29)37-34(28-19-12-7-13-20-28)32-23-31(26-15-8-5-9-16-26)33(36-32)27-17-10-6-11-18-27/h5-22,24-25H,23H2,1-4H3. The average Bonchev–Trinajstić information content (AvgIpc) is 3.38. The molecule has 0 unspecified atom stereocenters. The summed E-state index contributed by atoms with van der Waals surface area (Å²) in [5, 5.41) is 0. The van der Waals surface area contributed by atoms with Gasteiger partial charge in [-0.05, 0) is 34.1 Å². The van der Waals surface area contributed by atoms with Crippen LogP contribution in [0.15, 0.2) is 119 Å². The quantitative estimate of drug-likeness (QED) is 0.234.